The Morgan fingerprint density at radius 3 is 2.05 bits per heavy atom. The fraction of sp³-hybridized carbons (Fsp3) is 0.500. The van der Waals surface area contributed by atoms with Crippen LogP contribution in [0.5, 0.6) is 0 Å². The van der Waals surface area contributed by atoms with Crippen LogP contribution in [-0.4, -0.2) is 47.8 Å². The topological polar surface area (TPSA) is 40.6 Å². The lowest BCUT2D eigenvalue weighted by molar-refractivity contribution is -0.139. The van der Waals surface area contributed by atoms with Crippen molar-refractivity contribution < 1.29 is 9.59 Å². The van der Waals surface area contributed by atoms with Crippen LogP contribution in [0.25, 0.3) is 0 Å². The van der Waals surface area contributed by atoms with E-state index in [1.165, 1.54) is 6.42 Å². The van der Waals surface area contributed by atoms with Gasteiger partial charge in [0.2, 0.25) is 5.91 Å². The van der Waals surface area contributed by atoms with Crippen molar-refractivity contribution in [2.24, 2.45) is 5.92 Å². The summed E-state index contributed by atoms with van der Waals surface area (Å²) >= 11 is 3.37. The third kappa shape index (κ3) is 3.12. The maximum absolute atomic E-state index is 12.4. The summed E-state index contributed by atoms with van der Waals surface area (Å²) in [4.78, 5) is 28.3. The maximum atomic E-state index is 12.4. The van der Waals surface area contributed by atoms with Crippen molar-refractivity contribution in [1.29, 1.82) is 0 Å². The molecular formula is C16H19BrN2O2. The van der Waals surface area contributed by atoms with Crippen molar-refractivity contribution in [3.63, 3.8) is 0 Å². The number of carbonyl (C=O) groups is 2. The molecule has 5 heteroatoms. The molecule has 0 unspecified atom stereocenters. The monoisotopic (exact) mass is 350 g/mol. The number of hydrogen-bond acceptors (Lipinski definition) is 2. The van der Waals surface area contributed by atoms with Crippen LogP contribution in [0.2, 0.25) is 0 Å². The third-order valence-electron chi connectivity index (χ3n) is 4.42. The van der Waals surface area contributed by atoms with E-state index in [4.69, 9.17) is 0 Å². The van der Waals surface area contributed by atoms with Crippen molar-refractivity contribution in [1.82, 2.24) is 9.80 Å². The molecule has 2 fully saturated rings. The summed E-state index contributed by atoms with van der Waals surface area (Å²) in [5.41, 5.74) is 0.706. The lowest BCUT2D eigenvalue weighted by atomic mass is 9.84. The van der Waals surface area contributed by atoms with Crippen LogP contribution < -0.4 is 0 Å². The minimum atomic E-state index is 0.0539. The number of amides is 2. The molecule has 0 spiro atoms. The summed E-state index contributed by atoms with van der Waals surface area (Å²) in [6.07, 6.45) is 3.26. The van der Waals surface area contributed by atoms with Crippen LogP contribution >= 0.6 is 15.9 Å². The molecule has 1 heterocycles. The average Bonchev–Trinajstić information content (AvgIpc) is 2.46. The van der Waals surface area contributed by atoms with Gasteiger partial charge in [0.15, 0.2) is 0 Å². The largest absolute Gasteiger partial charge is 0.339 e. The summed E-state index contributed by atoms with van der Waals surface area (Å²) in [5.74, 6) is 0.592. The number of halogens is 1. The van der Waals surface area contributed by atoms with Crippen LogP contribution in [-0.2, 0) is 4.79 Å². The van der Waals surface area contributed by atoms with Gasteiger partial charge < -0.3 is 9.80 Å². The molecule has 2 aliphatic rings. The lowest BCUT2D eigenvalue weighted by Crippen LogP contribution is -2.52. The predicted molar refractivity (Wildman–Crippen MR) is 84.0 cm³/mol. The van der Waals surface area contributed by atoms with Crippen molar-refractivity contribution in [3.05, 3.63) is 34.3 Å². The number of benzene rings is 1. The van der Waals surface area contributed by atoms with E-state index < -0.39 is 0 Å². The van der Waals surface area contributed by atoms with Gasteiger partial charge in [-0.3, -0.25) is 9.59 Å². The summed E-state index contributed by atoms with van der Waals surface area (Å²) in [7, 11) is 0. The summed E-state index contributed by atoms with van der Waals surface area (Å²) in [6.45, 7) is 2.59. The molecule has 1 aromatic carbocycles. The highest BCUT2D eigenvalue weighted by Crippen LogP contribution is 2.28. The Hall–Kier alpha value is -1.36. The van der Waals surface area contributed by atoms with E-state index >= 15 is 0 Å². The predicted octanol–water partition coefficient (Wildman–Crippen LogP) is 2.53. The first kappa shape index (κ1) is 14.6. The molecule has 0 bridgehead atoms. The molecule has 2 amide bonds. The molecule has 0 radical (unpaired) electrons. The van der Waals surface area contributed by atoms with Gasteiger partial charge in [0, 0.05) is 42.1 Å². The Kier molecular flexibility index (Phi) is 4.29. The first-order valence-electron chi connectivity index (χ1n) is 7.49. The quantitative estimate of drug-likeness (QED) is 0.822. The molecule has 4 nitrogen and oxygen atoms in total. The average molecular weight is 351 g/mol. The van der Waals surface area contributed by atoms with Crippen LogP contribution in [0.15, 0.2) is 28.7 Å². The summed E-state index contributed by atoms with van der Waals surface area (Å²) in [5, 5.41) is 0. The van der Waals surface area contributed by atoms with Crippen LogP contribution in [0.3, 0.4) is 0 Å². The standard InChI is InChI=1S/C16H19BrN2O2/c17-14-6-4-13(5-7-14)16(21)19-10-8-18(9-11-19)15(20)12-2-1-3-12/h4-7,12H,1-3,8-11H2. The molecule has 1 aliphatic heterocycles. The number of nitrogens with zero attached hydrogens (tertiary/aromatic N) is 2. The zero-order chi connectivity index (χ0) is 14.8. The highest BCUT2D eigenvalue weighted by Gasteiger charge is 2.32. The first-order chi connectivity index (χ1) is 10.1. The van der Waals surface area contributed by atoms with E-state index in [0.29, 0.717) is 31.7 Å². The SMILES string of the molecule is O=C(c1ccc(Br)cc1)N1CCN(C(=O)C2CCC2)CC1. The maximum Gasteiger partial charge on any atom is 0.253 e. The summed E-state index contributed by atoms with van der Waals surface area (Å²) < 4.78 is 0.968. The van der Waals surface area contributed by atoms with Gasteiger partial charge in [-0.05, 0) is 37.1 Å². The van der Waals surface area contributed by atoms with Crippen molar-refractivity contribution >= 4 is 27.7 Å². The Morgan fingerprint density at radius 2 is 1.52 bits per heavy atom. The summed E-state index contributed by atoms with van der Waals surface area (Å²) in [6, 6.07) is 7.42. The molecular weight excluding hydrogens is 332 g/mol. The molecule has 0 aromatic heterocycles. The van der Waals surface area contributed by atoms with E-state index in [1.807, 2.05) is 34.1 Å². The number of hydrogen-bond donors (Lipinski definition) is 0. The van der Waals surface area contributed by atoms with Gasteiger partial charge in [0.1, 0.15) is 0 Å². The molecule has 0 atom stereocenters. The molecule has 112 valence electrons. The van der Waals surface area contributed by atoms with E-state index in [9.17, 15) is 9.59 Å². The van der Waals surface area contributed by atoms with Crippen LogP contribution in [0.4, 0.5) is 0 Å². The minimum absolute atomic E-state index is 0.0539. The molecule has 1 aromatic rings. The number of rotatable bonds is 2. The zero-order valence-electron chi connectivity index (χ0n) is 11.9. The third-order valence-corrected chi connectivity index (χ3v) is 4.95. The Balaban J connectivity index is 1.56. The zero-order valence-corrected chi connectivity index (χ0v) is 13.5. The lowest BCUT2D eigenvalue weighted by Gasteiger charge is -2.38. The van der Waals surface area contributed by atoms with E-state index in [-0.39, 0.29) is 17.7 Å². The number of piperazine rings is 1. The Bertz CT molecular complexity index is 532. The van der Waals surface area contributed by atoms with E-state index in [2.05, 4.69) is 15.9 Å². The molecule has 1 aliphatic carbocycles. The molecule has 21 heavy (non-hydrogen) atoms. The van der Waals surface area contributed by atoms with Gasteiger partial charge in [0.25, 0.3) is 5.91 Å². The van der Waals surface area contributed by atoms with Gasteiger partial charge >= 0.3 is 0 Å². The second-order valence-corrected chi connectivity index (χ2v) is 6.67. The molecule has 3 rings (SSSR count). The normalized spacial score (nSPS) is 19.3. The number of carbonyl (C=O) groups excluding carboxylic acids is 2. The van der Waals surface area contributed by atoms with Crippen molar-refractivity contribution in [2.75, 3.05) is 26.2 Å². The Morgan fingerprint density at radius 1 is 0.952 bits per heavy atom. The van der Waals surface area contributed by atoms with Gasteiger partial charge in [-0.25, -0.2) is 0 Å². The van der Waals surface area contributed by atoms with Crippen molar-refractivity contribution in [2.45, 2.75) is 19.3 Å². The highest BCUT2D eigenvalue weighted by atomic mass is 79.9. The van der Waals surface area contributed by atoms with Crippen LogP contribution in [0.1, 0.15) is 29.6 Å². The fourth-order valence-electron chi connectivity index (χ4n) is 2.82. The second kappa shape index (κ2) is 6.18. The van der Waals surface area contributed by atoms with Gasteiger partial charge in [-0.15, -0.1) is 0 Å². The second-order valence-electron chi connectivity index (χ2n) is 5.75. The minimum Gasteiger partial charge on any atom is -0.339 e. The van der Waals surface area contributed by atoms with E-state index in [0.717, 1.165) is 17.3 Å². The van der Waals surface area contributed by atoms with Gasteiger partial charge in [-0.1, -0.05) is 22.4 Å². The molecule has 0 N–H and O–H groups in total. The van der Waals surface area contributed by atoms with Gasteiger partial charge in [0.05, 0.1) is 0 Å². The van der Waals surface area contributed by atoms with E-state index in [1.54, 1.807) is 0 Å². The molecule has 1 saturated carbocycles. The highest BCUT2D eigenvalue weighted by molar-refractivity contribution is 9.10. The van der Waals surface area contributed by atoms with Gasteiger partial charge in [-0.2, -0.15) is 0 Å². The van der Waals surface area contributed by atoms with Crippen molar-refractivity contribution in [3.8, 4) is 0 Å². The Labute approximate surface area is 133 Å². The fourth-order valence-corrected chi connectivity index (χ4v) is 3.08. The van der Waals surface area contributed by atoms with Crippen LogP contribution in [0, 0.1) is 5.92 Å². The first-order valence-corrected chi connectivity index (χ1v) is 8.28. The smallest absolute Gasteiger partial charge is 0.253 e. The molecule has 1 saturated heterocycles.